The van der Waals surface area contributed by atoms with Crippen LogP contribution >= 0.6 is 15.9 Å². The molecule has 1 nitrogen and oxygen atoms in total. The average molecular weight is 369 g/mol. The third-order valence-electron chi connectivity index (χ3n) is 4.37. The number of alkyl halides is 7. The molecule has 8 heteroatoms. The molecule has 0 aliphatic heterocycles. The van der Waals surface area contributed by atoms with Crippen molar-refractivity contribution in [2.75, 3.05) is 0 Å². The lowest BCUT2D eigenvalue weighted by Crippen LogP contribution is -2.60. The van der Waals surface area contributed by atoms with E-state index in [-0.39, 0.29) is 11.2 Å². The average Bonchev–Trinajstić information content (AvgIpc) is 2.32. The lowest BCUT2D eigenvalue weighted by Gasteiger charge is -2.56. The van der Waals surface area contributed by atoms with Crippen LogP contribution in [-0.2, 0) is 4.74 Å². The Kier molecular flexibility index (Phi) is 4.37. The molecule has 0 aromatic rings. The number of hydrogen-bond acceptors (Lipinski definition) is 1. The summed E-state index contributed by atoms with van der Waals surface area (Å²) in [5.74, 6) is 0. The van der Waals surface area contributed by atoms with Gasteiger partial charge in [-0.1, -0.05) is 35.2 Å². The van der Waals surface area contributed by atoms with Crippen molar-refractivity contribution in [3.63, 3.8) is 0 Å². The Morgan fingerprint density at radius 3 is 1.85 bits per heavy atom. The highest BCUT2D eigenvalue weighted by molar-refractivity contribution is 9.09. The first-order chi connectivity index (χ1) is 9.07. The molecule has 2 unspecified atom stereocenters. The van der Waals surface area contributed by atoms with Crippen LogP contribution in [0, 0.1) is 5.41 Å². The molecule has 0 aromatic heterocycles. The smallest absolute Gasteiger partial charge is 0.357 e. The second-order valence-electron chi connectivity index (χ2n) is 5.59. The fraction of sp³-hybridized carbons (Fsp3) is 1.00. The molecule has 2 saturated carbocycles. The topological polar surface area (TPSA) is 9.23 Å². The highest BCUT2D eigenvalue weighted by Gasteiger charge is 2.63. The fourth-order valence-corrected chi connectivity index (χ4v) is 4.33. The predicted octanol–water partition coefficient (Wildman–Crippen LogP) is 4.98. The zero-order chi connectivity index (χ0) is 15.2. The molecule has 1 spiro atoms. The van der Waals surface area contributed by atoms with E-state index in [4.69, 9.17) is 0 Å². The van der Waals surface area contributed by atoms with Crippen molar-refractivity contribution in [2.45, 2.75) is 67.9 Å². The number of ether oxygens (including phenoxy) is 1. The molecule has 2 aliphatic rings. The molecule has 2 aliphatic carbocycles. The molecule has 20 heavy (non-hydrogen) atoms. The quantitative estimate of drug-likeness (QED) is 0.493. The Morgan fingerprint density at radius 1 is 0.950 bits per heavy atom. The lowest BCUT2D eigenvalue weighted by atomic mass is 9.58. The normalized spacial score (nSPS) is 30.6. The molecule has 118 valence electrons. The largest absolute Gasteiger partial charge is 0.423 e. The van der Waals surface area contributed by atoms with Crippen LogP contribution in [0.5, 0.6) is 0 Å². The highest BCUT2D eigenvalue weighted by atomic mass is 79.9. The van der Waals surface area contributed by atoms with E-state index >= 15 is 0 Å². The van der Waals surface area contributed by atoms with Crippen LogP contribution in [0.4, 0.5) is 26.3 Å². The third-order valence-corrected chi connectivity index (χ3v) is 5.65. The summed E-state index contributed by atoms with van der Waals surface area (Å²) in [6.07, 6.45) is -11.4. The summed E-state index contributed by atoms with van der Waals surface area (Å²) >= 11 is 3.37. The van der Waals surface area contributed by atoms with Crippen molar-refractivity contribution in [2.24, 2.45) is 5.41 Å². The van der Waals surface area contributed by atoms with E-state index in [9.17, 15) is 26.3 Å². The standard InChI is InChI=1S/C12H15BrF6O/c13-7-6-8(10(7)4-2-1-3-5-10)20-9(11(14,15)16)12(17,18)19/h7-9H,1-6H2. The maximum Gasteiger partial charge on any atom is 0.423 e. The molecule has 0 bridgehead atoms. The fourth-order valence-electron chi connectivity index (χ4n) is 3.24. The van der Waals surface area contributed by atoms with E-state index in [1.807, 2.05) is 0 Å². The molecule has 0 heterocycles. The predicted molar refractivity (Wildman–Crippen MR) is 63.6 cm³/mol. The van der Waals surface area contributed by atoms with Gasteiger partial charge >= 0.3 is 12.4 Å². The molecule has 2 fully saturated rings. The van der Waals surface area contributed by atoms with Gasteiger partial charge in [-0.3, -0.25) is 0 Å². The summed E-state index contributed by atoms with van der Waals surface area (Å²) in [7, 11) is 0. The summed E-state index contributed by atoms with van der Waals surface area (Å²) in [6.45, 7) is 0. The Bertz CT molecular complexity index is 333. The maximum absolute atomic E-state index is 12.5. The highest BCUT2D eigenvalue weighted by Crippen LogP contribution is 2.57. The molecular weight excluding hydrogens is 354 g/mol. The molecule has 0 radical (unpaired) electrons. The van der Waals surface area contributed by atoms with Gasteiger partial charge in [-0.2, -0.15) is 26.3 Å². The van der Waals surface area contributed by atoms with E-state index in [1.165, 1.54) is 0 Å². The maximum atomic E-state index is 12.5. The zero-order valence-corrected chi connectivity index (χ0v) is 12.1. The van der Waals surface area contributed by atoms with Gasteiger partial charge in [-0.25, -0.2) is 0 Å². The summed E-state index contributed by atoms with van der Waals surface area (Å²) in [4.78, 5) is -0.0533. The van der Waals surface area contributed by atoms with Gasteiger partial charge < -0.3 is 4.74 Å². The van der Waals surface area contributed by atoms with Gasteiger partial charge in [0.2, 0.25) is 6.10 Å². The first-order valence-electron chi connectivity index (χ1n) is 6.50. The number of rotatable bonds is 2. The van der Waals surface area contributed by atoms with Crippen LogP contribution in [0.25, 0.3) is 0 Å². The van der Waals surface area contributed by atoms with Crippen LogP contribution in [-0.4, -0.2) is 29.4 Å². The first kappa shape index (κ1) is 16.4. The van der Waals surface area contributed by atoms with Crippen molar-refractivity contribution in [1.29, 1.82) is 0 Å². The Labute approximate surface area is 121 Å². The van der Waals surface area contributed by atoms with Crippen LogP contribution in [0.2, 0.25) is 0 Å². The van der Waals surface area contributed by atoms with Crippen molar-refractivity contribution in [3.05, 3.63) is 0 Å². The number of hydrogen-bond donors (Lipinski definition) is 0. The lowest BCUT2D eigenvalue weighted by molar-refractivity contribution is -0.346. The van der Waals surface area contributed by atoms with Gasteiger partial charge in [0.05, 0.1) is 6.10 Å². The summed E-state index contributed by atoms with van der Waals surface area (Å²) in [5, 5.41) is 0. The van der Waals surface area contributed by atoms with E-state index in [0.29, 0.717) is 12.8 Å². The molecule has 0 aromatic carbocycles. The van der Waals surface area contributed by atoms with Crippen LogP contribution in [0.15, 0.2) is 0 Å². The monoisotopic (exact) mass is 368 g/mol. The van der Waals surface area contributed by atoms with E-state index in [1.54, 1.807) is 0 Å². The summed E-state index contributed by atoms with van der Waals surface area (Å²) in [5.41, 5.74) is -0.562. The molecule has 2 atom stereocenters. The van der Waals surface area contributed by atoms with Gasteiger partial charge in [-0.15, -0.1) is 0 Å². The summed E-state index contributed by atoms with van der Waals surface area (Å²) in [6, 6.07) is 0. The third kappa shape index (κ3) is 2.96. The molecule has 0 N–H and O–H groups in total. The zero-order valence-electron chi connectivity index (χ0n) is 10.5. The van der Waals surface area contributed by atoms with Gasteiger partial charge in [0, 0.05) is 10.2 Å². The van der Waals surface area contributed by atoms with Gasteiger partial charge in [-0.05, 0) is 19.3 Å². The second-order valence-corrected chi connectivity index (χ2v) is 6.69. The molecular formula is C12H15BrF6O. The Hall–Kier alpha value is 0.0200. The molecule has 0 saturated heterocycles. The Morgan fingerprint density at radius 2 is 1.45 bits per heavy atom. The van der Waals surface area contributed by atoms with Crippen molar-refractivity contribution >= 4 is 15.9 Å². The van der Waals surface area contributed by atoms with Crippen LogP contribution in [0.3, 0.4) is 0 Å². The minimum Gasteiger partial charge on any atom is -0.357 e. The SMILES string of the molecule is FC(F)(F)C(OC1CC(Br)C12CCCCC2)C(F)(F)F. The van der Waals surface area contributed by atoms with E-state index < -0.39 is 30.0 Å². The van der Waals surface area contributed by atoms with Crippen molar-refractivity contribution in [1.82, 2.24) is 0 Å². The first-order valence-corrected chi connectivity index (χ1v) is 7.42. The van der Waals surface area contributed by atoms with Crippen molar-refractivity contribution in [3.8, 4) is 0 Å². The summed E-state index contributed by atoms with van der Waals surface area (Å²) < 4.78 is 79.7. The van der Waals surface area contributed by atoms with Gasteiger partial charge in [0.15, 0.2) is 0 Å². The minimum absolute atomic E-state index is 0.0533. The minimum atomic E-state index is -5.43. The van der Waals surface area contributed by atoms with Crippen LogP contribution in [0.1, 0.15) is 38.5 Å². The van der Waals surface area contributed by atoms with Crippen LogP contribution < -0.4 is 0 Å². The molecule has 0 amide bonds. The number of halogens is 7. The van der Waals surface area contributed by atoms with Crippen molar-refractivity contribution < 1.29 is 31.1 Å². The molecule has 2 rings (SSSR count). The second kappa shape index (κ2) is 5.34. The van der Waals surface area contributed by atoms with E-state index in [2.05, 4.69) is 20.7 Å². The van der Waals surface area contributed by atoms with Gasteiger partial charge in [0.1, 0.15) is 0 Å². The van der Waals surface area contributed by atoms with E-state index in [0.717, 1.165) is 19.3 Å². The Balaban J connectivity index is 2.11. The van der Waals surface area contributed by atoms with Gasteiger partial charge in [0.25, 0.3) is 0 Å².